The van der Waals surface area contributed by atoms with E-state index in [9.17, 15) is 4.79 Å². The maximum absolute atomic E-state index is 11.0. The molecule has 0 bridgehead atoms. The Hall–Kier alpha value is -1.91. The predicted molar refractivity (Wildman–Crippen MR) is 89.6 cm³/mol. The smallest absolute Gasteiger partial charge is 0.151 e. The maximum Gasteiger partial charge on any atom is 0.151 e. The van der Waals surface area contributed by atoms with Crippen molar-refractivity contribution < 1.29 is 14.3 Å². The van der Waals surface area contributed by atoms with E-state index in [1.54, 1.807) is 25.3 Å². The molecule has 0 amide bonds. The number of carbonyl (C=O) groups excluding carboxylic acids is 1. The highest BCUT2D eigenvalue weighted by molar-refractivity contribution is 7.99. The van der Waals surface area contributed by atoms with Crippen LogP contribution in [0.3, 0.4) is 0 Å². The van der Waals surface area contributed by atoms with Crippen LogP contribution < -0.4 is 9.47 Å². The topological polar surface area (TPSA) is 35.5 Å². The SMILES string of the molecule is C=CCOc1cc(C=O)c(Cl)cc1Sc1ccccc1OC. The zero-order valence-corrected chi connectivity index (χ0v) is 13.6. The number of methoxy groups -OCH3 is 1. The molecule has 0 radical (unpaired) electrons. The van der Waals surface area contributed by atoms with Gasteiger partial charge < -0.3 is 9.47 Å². The van der Waals surface area contributed by atoms with E-state index in [0.29, 0.717) is 29.2 Å². The number of rotatable bonds is 7. The Balaban J connectivity index is 2.41. The lowest BCUT2D eigenvalue weighted by atomic mass is 10.2. The minimum absolute atomic E-state index is 0.347. The van der Waals surface area contributed by atoms with Gasteiger partial charge in [-0.25, -0.2) is 0 Å². The van der Waals surface area contributed by atoms with Gasteiger partial charge in [0.15, 0.2) is 6.29 Å². The number of aldehydes is 1. The fourth-order valence-electron chi connectivity index (χ4n) is 1.80. The lowest BCUT2D eigenvalue weighted by Crippen LogP contribution is -1.97. The Kier molecular flexibility index (Phi) is 5.92. The molecule has 114 valence electrons. The van der Waals surface area contributed by atoms with Crippen molar-refractivity contribution >= 4 is 29.6 Å². The molecule has 0 fully saturated rings. The van der Waals surface area contributed by atoms with E-state index in [1.807, 2.05) is 24.3 Å². The minimum atomic E-state index is 0.347. The van der Waals surface area contributed by atoms with Crippen molar-refractivity contribution in [3.05, 3.63) is 59.6 Å². The van der Waals surface area contributed by atoms with E-state index in [0.717, 1.165) is 15.5 Å². The van der Waals surface area contributed by atoms with Crippen molar-refractivity contribution in [2.45, 2.75) is 9.79 Å². The summed E-state index contributed by atoms with van der Waals surface area (Å²) >= 11 is 7.59. The van der Waals surface area contributed by atoms with Gasteiger partial charge in [0, 0.05) is 5.56 Å². The number of para-hydroxylation sites is 1. The van der Waals surface area contributed by atoms with Gasteiger partial charge >= 0.3 is 0 Å². The zero-order valence-electron chi connectivity index (χ0n) is 12.0. The Bertz CT molecular complexity index is 686. The van der Waals surface area contributed by atoms with Crippen LogP contribution in [0.4, 0.5) is 0 Å². The maximum atomic E-state index is 11.0. The first-order chi connectivity index (χ1) is 10.7. The largest absolute Gasteiger partial charge is 0.496 e. The van der Waals surface area contributed by atoms with Crippen LogP contribution >= 0.6 is 23.4 Å². The van der Waals surface area contributed by atoms with Gasteiger partial charge in [-0.2, -0.15) is 0 Å². The summed E-state index contributed by atoms with van der Waals surface area (Å²) in [5.74, 6) is 1.35. The summed E-state index contributed by atoms with van der Waals surface area (Å²) in [5, 5.41) is 0.387. The van der Waals surface area contributed by atoms with Gasteiger partial charge in [-0.05, 0) is 24.3 Å². The van der Waals surface area contributed by atoms with E-state index in [-0.39, 0.29) is 0 Å². The first-order valence-electron chi connectivity index (χ1n) is 6.53. The van der Waals surface area contributed by atoms with Gasteiger partial charge in [-0.1, -0.05) is 48.2 Å². The third kappa shape index (κ3) is 3.84. The molecular weight excluding hydrogens is 320 g/mol. The van der Waals surface area contributed by atoms with E-state index in [2.05, 4.69) is 6.58 Å². The number of ether oxygens (including phenoxy) is 2. The Morgan fingerprint density at radius 1 is 1.23 bits per heavy atom. The number of halogens is 1. The molecule has 0 aliphatic heterocycles. The molecule has 5 heteroatoms. The molecule has 0 unspecified atom stereocenters. The average molecular weight is 335 g/mol. The normalized spacial score (nSPS) is 10.1. The molecule has 0 heterocycles. The first kappa shape index (κ1) is 16.5. The van der Waals surface area contributed by atoms with Crippen LogP contribution in [0.15, 0.2) is 58.8 Å². The Labute approximate surface area is 138 Å². The van der Waals surface area contributed by atoms with Crippen molar-refractivity contribution in [1.29, 1.82) is 0 Å². The molecule has 0 atom stereocenters. The molecular formula is C17H15ClO3S. The molecule has 0 aromatic heterocycles. The van der Waals surface area contributed by atoms with Gasteiger partial charge in [0.1, 0.15) is 18.1 Å². The van der Waals surface area contributed by atoms with Crippen LogP contribution in [0.5, 0.6) is 11.5 Å². The summed E-state index contributed by atoms with van der Waals surface area (Å²) in [7, 11) is 1.62. The van der Waals surface area contributed by atoms with Crippen molar-refractivity contribution in [3.63, 3.8) is 0 Å². The monoisotopic (exact) mass is 334 g/mol. The number of hydrogen-bond acceptors (Lipinski definition) is 4. The highest BCUT2D eigenvalue weighted by atomic mass is 35.5. The second-order valence-corrected chi connectivity index (χ2v) is 5.78. The molecule has 3 nitrogen and oxygen atoms in total. The number of benzene rings is 2. The van der Waals surface area contributed by atoms with Crippen LogP contribution in [0.1, 0.15) is 10.4 Å². The highest BCUT2D eigenvalue weighted by Crippen LogP contribution is 2.41. The molecule has 0 aliphatic rings. The number of hydrogen-bond donors (Lipinski definition) is 0. The fourth-order valence-corrected chi connectivity index (χ4v) is 3.11. The molecule has 2 rings (SSSR count). The van der Waals surface area contributed by atoms with Gasteiger partial charge in [0.2, 0.25) is 0 Å². The van der Waals surface area contributed by atoms with Crippen molar-refractivity contribution in [2.24, 2.45) is 0 Å². The van der Waals surface area contributed by atoms with E-state index < -0.39 is 0 Å². The third-order valence-corrected chi connectivity index (χ3v) is 4.26. The summed E-state index contributed by atoms with van der Waals surface area (Å²) in [5.41, 5.74) is 0.394. The Morgan fingerprint density at radius 3 is 2.68 bits per heavy atom. The van der Waals surface area contributed by atoms with E-state index in [4.69, 9.17) is 21.1 Å². The molecule has 0 saturated heterocycles. The average Bonchev–Trinajstić information content (AvgIpc) is 2.54. The zero-order chi connectivity index (χ0) is 15.9. The van der Waals surface area contributed by atoms with Crippen LogP contribution in [-0.4, -0.2) is 20.0 Å². The number of carbonyl (C=O) groups is 1. The molecule has 0 spiro atoms. The fraction of sp³-hybridized carbons (Fsp3) is 0.118. The lowest BCUT2D eigenvalue weighted by molar-refractivity contribution is 0.112. The van der Waals surface area contributed by atoms with Gasteiger partial charge in [0.05, 0.1) is 21.9 Å². The van der Waals surface area contributed by atoms with Crippen LogP contribution in [0.25, 0.3) is 0 Å². The Morgan fingerprint density at radius 2 is 2.00 bits per heavy atom. The second-order valence-electron chi connectivity index (χ2n) is 4.29. The first-order valence-corrected chi connectivity index (χ1v) is 7.72. The van der Waals surface area contributed by atoms with Crippen LogP contribution in [-0.2, 0) is 0 Å². The summed E-state index contributed by atoms with van der Waals surface area (Å²) in [6.07, 6.45) is 2.35. The summed E-state index contributed by atoms with van der Waals surface area (Å²) in [4.78, 5) is 12.8. The van der Waals surface area contributed by atoms with Gasteiger partial charge in [-0.3, -0.25) is 4.79 Å². The third-order valence-electron chi connectivity index (χ3n) is 2.84. The van der Waals surface area contributed by atoms with Crippen molar-refractivity contribution in [1.82, 2.24) is 0 Å². The highest BCUT2D eigenvalue weighted by Gasteiger charge is 2.13. The predicted octanol–water partition coefficient (Wildman–Crippen LogP) is 4.88. The second kappa shape index (κ2) is 7.92. The van der Waals surface area contributed by atoms with E-state index in [1.165, 1.54) is 11.8 Å². The molecule has 2 aromatic rings. The quantitative estimate of drug-likeness (QED) is 0.534. The molecule has 0 saturated carbocycles. The van der Waals surface area contributed by atoms with Gasteiger partial charge in [0.25, 0.3) is 0 Å². The van der Waals surface area contributed by atoms with Crippen molar-refractivity contribution in [3.8, 4) is 11.5 Å². The standard InChI is InChI=1S/C17H15ClO3S/c1-3-8-21-15-9-12(11-19)13(18)10-17(15)22-16-7-5-4-6-14(16)20-2/h3-7,9-11H,1,8H2,2H3. The van der Waals surface area contributed by atoms with E-state index >= 15 is 0 Å². The van der Waals surface area contributed by atoms with Gasteiger partial charge in [-0.15, -0.1) is 0 Å². The van der Waals surface area contributed by atoms with Crippen LogP contribution in [0.2, 0.25) is 5.02 Å². The van der Waals surface area contributed by atoms with Crippen LogP contribution in [0, 0.1) is 0 Å². The lowest BCUT2D eigenvalue weighted by Gasteiger charge is -2.13. The summed E-state index contributed by atoms with van der Waals surface area (Å²) < 4.78 is 11.0. The summed E-state index contributed by atoms with van der Waals surface area (Å²) in [6, 6.07) is 11.0. The molecule has 0 aliphatic carbocycles. The molecule has 22 heavy (non-hydrogen) atoms. The molecule has 0 N–H and O–H groups in total. The summed E-state index contributed by atoms with van der Waals surface area (Å²) in [6.45, 7) is 3.98. The van der Waals surface area contributed by atoms with Crippen molar-refractivity contribution in [2.75, 3.05) is 13.7 Å². The minimum Gasteiger partial charge on any atom is -0.496 e. The molecule has 2 aromatic carbocycles.